The molecule has 0 amide bonds. The third-order valence-electron chi connectivity index (χ3n) is 6.81. The molecular formula is C34H23N3S. The van der Waals surface area contributed by atoms with Gasteiger partial charge in [-0.2, -0.15) is 0 Å². The molecule has 38 heavy (non-hydrogen) atoms. The van der Waals surface area contributed by atoms with Gasteiger partial charge >= 0.3 is 0 Å². The minimum absolute atomic E-state index is 0.893. The van der Waals surface area contributed by atoms with Crippen molar-refractivity contribution in [2.24, 2.45) is 0 Å². The maximum absolute atomic E-state index is 4.80. The van der Waals surface area contributed by atoms with Crippen LogP contribution in [-0.2, 0) is 0 Å². The van der Waals surface area contributed by atoms with Gasteiger partial charge in [0.2, 0.25) is 0 Å². The van der Waals surface area contributed by atoms with Crippen LogP contribution in [0.1, 0.15) is 0 Å². The average Bonchev–Trinajstić information content (AvgIpc) is 3.61. The zero-order valence-electron chi connectivity index (χ0n) is 20.5. The molecule has 0 bridgehead atoms. The second kappa shape index (κ2) is 9.58. The highest BCUT2D eigenvalue weighted by atomic mass is 32.1. The first-order valence-electron chi connectivity index (χ1n) is 12.6. The van der Waals surface area contributed by atoms with Gasteiger partial charge in [0.05, 0.1) is 10.6 Å². The van der Waals surface area contributed by atoms with Crippen molar-refractivity contribution in [1.82, 2.24) is 15.0 Å². The van der Waals surface area contributed by atoms with Crippen LogP contribution in [0.25, 0.3) is 59.9 Å². The molecule has 5 aromatic carbocycles. The van der Waals surface area contributed by atoms with Crippen LogP contribution in [-0.4, -0.2) is 15.0 Å². The molecule has 0 atom stereocenters. The minimum Gasteiger partial charge on any atom is -0.212 e. The van der Waals surface area contributed by atoms with Gasteiger partial charge in [0.1, 0.15) is 11.4 Å². The molecule has 7 aromatic rings. The van der Waals surface area contributed by atoms with Gasteiger partial charge in [-0.1, -0.05) is 133 Å². The first kappa shape index (κ1) is 22.4. The number of hydrogen-bond donors (Lipinski definition) is 0. The van der Waals surface area contributed by atoms with E-state index in [9.17, 15) is 0 Å². The van der Waals surface area contributed by atoms with E-state index in [0.717, 1.165) is 27.5 Å². The molecule has 4 heteroatoms. The molecule has 3 nitrogen and oxygen atoms in total. The Morgan fingerprint density at radius 2 is 1.00 bits per heavy atom. The normalized spacial score (nSPS) is 11.2. The Bertz CT molecular complexity index is 1850. The SMILES string of the molecule is c1ccc(-c2ccccc2-c2sc(-c3nnn(-c4ccccc4)c3-c3ccccc3)c3ccccc23)cc1. The van der Waals surface area contributed by atoms with Gasteiger partial charge in [0.15, 0.2) is 0 Å². The van der Waals surface area contributed by atoms with Crippen LogP contribution in [0, 0.1) is 0 Å². The lowest BCUT2D eigenvalue weighted by molar-refractivity contribution is 0.809. The van der Waals surface area contributed by atoms with E-state index in [1.165, 1.54) is 32.3 Å². The lowest BCUT2D eigenvalue weighted by atomic mass is 9.97. The summed E-state index contributed by atoms with van der Waals surface area (Å²) in [5.74, 6) is 0. The Hall–Kier alpha value is -4.80. The van der Waals surface area contributed by atoms with Gasteiger partial charge < -0.3 is 0 Å². The van der Waals surface area contributed by atoms with Gasteiger partial charge in [-0.3, -0.25) is 0 Å². The molecule has 0 saturated heterocycles. The van der Waals surface area contributed by atoms with Crippen molar-refractivity contribution in [2.75, 3.05) is 0 Å². The van der Waals surface area contributed by atoms with Crippen molar-refractivity contribution in [3.05, 3.63) is 140 Å². The number of aromatic nitrogens is 3. The molecule has 0 radical (unpaired) electrons. The number of benzene rings is 5. The van der Waals surface area contributed by atoms with E-state index in [2.05, 4.69) is 120 Å². The van der Waals surface area contributed by atoms with Gasteiger partial charge in [0, 0.05) is 26.8 Å². The quantitative estimate of drug-likeness (QED) is 0.233. The third-order valence-corrected chi connectivity index (χ3v) is 8.07. The molecule has 0 saturated carbocycles. The summed E-state index contributed by atoms with van der Waals surface area (Å²) in [6, 6.07) is 48.6. The molecule has 180 valence electrons. The van der Waals surface area contributed by atoms with Crippen molar-refractivity contribution in [3.63, 3.8) is 0 Å². The van der Waals surface area contributed by atoms with E-state index in [1.54, 1.807) is 11.3 Å². The van der Waals surface area contributed by atoms with Crippen LogP contribution >= 0.6 is 11.3 Å². The Labute approximate surface area is 225 Å². The van der Waals surface area contributed by atoms with Gasteiger partial charge in [-0.05, 0) is 23.3 Å². The molecule has 0 spiro atoms. The number of nitrogens with zero attached hydrogens (tertiary/aromatic N) is 3. The molecule has 2 heterocycles. The van der Waals surface area contributed by atoms with Crippen LogP contribution in [0.15, 0.2) is 140 Å². The molecule has 7 rings (SSSR count). The lowest BCUT2D eigenvalue weighted by Gasteiger charge is -2.09. The summed E-state index contributed by atoms with van der Waals surface area (Å²) in [5, 5.41) is 11.9. The molecule has 0 N–H and O–H groups in total. The second-order valence-corrected chi connectivity index (χ2v) is 10.1. The monoisotopic (exact) mass is 505 g/mol. The molecule has 2 aromatic heterocycles. The van der Waals surface area contributed by atoms with Crippen LogP contribution in [0.3, 0.4) is 0 Å². The number of para-hydroxylation sites is 1. The molecule has 0 aliphatic carbocycles. The van der Waals surface area contributed by atoms with E-state index < -0.39 is 0 Å². The maximum atomic E-state index is 4.80. The third kappa shape index (κ3) is 3.83. The first-order chi connectivity index (χ1) is 18.9. The molecule has 0 fully saturated rings. The van der Waals surface area contributed by atoms with E-state index in [4.69, 9.17) is 5.10 Å². The summed E-state index contributed by atoms with van der Waals surface area (Å²) in [4.78, 5) is 2.36. The Kier molecular flexibility index (Phi) is 5.65. The lowest BCUT2D eigenvalue weighted by Crippen LogP contribution is -1.99. The van der Waals surface area contributed by atoms with Gasteiger partial charge in [0.25, 0.3) is 0 Å². The standard InChI is InChI=1S/C34H23N3S/c1-4-14-24(15-5-1)27-20-10-11-21-28(27)33-29-22-12-13-23-30(29)34(38-33)31-32(25-16-6-2-7-17-25)37(36-35-31)26-18-8-3-9-19-26/h1-23H. The smallest absolute Gasteiger partial charge is 0.132 e. The van der Waals surface area contributed by atoms with Crippen molar-refractivity contribution >= 4 is 22.1 Å². The predicted octanol–water partition coefficient (Wildman–Crippen LogP) is 9.15. The van der Waals surface area contributed by atoms with E-state index in [-0.39, 0.29) is 0 Å². The molecule has 0 aliphatic rings. The first-order valence-corrected chi connectivity index (χ1v) is 13.4. The Balaban J connectivity index is 1.49. The fraction of sp³-hybridized carbons (Fsp3) is 0. The summed E-state index contributed by atoms with van der Waals surface area (Å²) in [6.07, 6.45) is 0. The highest BCUT2D eigenvalue weighted by Crippen LogP contribution is 2.48. The zero-order valence-corrected chi connectivity index (χ0v) is 21.3. The van der Waals surface area contributed by atoms with Crippen LogP contribution in [0.5, 0.6) is 0 Å². The number of rotatable bonds is 5. The number of hydrogen-bond acceptors (Lipinski definition) is 3. The Morgan fingerprint density at radius 1 is 0.474 bits per heavy atom. The average molecular weight is 506 g/mol. The Morgan fingerprint density at radius 3 is 1.68 bits per heavy atom. The topological polar surface area (TPSA) is 30.7 Å². The van der Waals surface area contributed by atoms with Crippen molar-refractivity contribution in [2.45, 2.75) is 0 Å². The fourth-order valence-corrected chi connectivity index (χ4v) is 6.36. The molecular weight excluding hydrogens is 482 g/mol. The summed E-state index contributed by atoms with van der Waals surface area (Å²) in [6.45, 7) is 0. The summed E-state index contributed by atoms with van der Waals surface area (Å²) in [7, 11) is 0. The summed E-state index contributed by atoms with van der Waals surface area (Å²) >= 11 is 1.79. The van der Waals surface area contributed by atoms with Crippen LogP contribution in [0.2, 0.25) is 0 Å². The zero-order chi connectivity index (χ0) is 25.3. The van der Waals surface area contributed by atoms with E-state index >= 15 is 0 Å². The van der Waals surface area contributed by atoms with Crippen molar-refractivity contribution in [1.29, 1.82) is 0 Å². The van der Waals surface area contributed by atoms with Gasteiger partial charge in [-0.25, -0.2) is 4.68 Å². The van der Waals surface area contributed by atoms with Crippen LogP contribution in [0.4, 0.5) is 0 Å². The van der Waals surface area contributed by atoms with E-state index in [0.29, 0.717) is 0 Å². The van der Waals surface area contributed by atoms with E-state index in [1.807, 2.05) is 28.9 Å². The summed E-state index contributed by atoms with van der Waals surface area (Å²) in [5.41, 5.74) is 7.62. The largest absolute Gasteiger partial charge is 0.212 e. The van der Waals surface area contributed by atoms with Gasteiger partial charge in [-0.15, -0.1) is 16.4 Å². The number of fused-ring (bicyclic) bond motifs is 1. The van der Waals surface area contributed by atoms with Crippen molar-refractivity contribution < 1.29 is 0 Å². The number of thiophene rings is 1. The highest BCUT2D eigenvalue weighted by molar-refractivity contribution is 7.21. The second-order valence-electron chi connectivity index (χ2n) is 9.12. The maximum Gasteiger partial charge on any atom is 0.132 e. The predicted molar refractivity (Wildman–Crippen MR) is 158 cm³/mol. The van der Waals surface area contributed by atoms with Crippen LogP contribution < -0.4 is 0 Å². The van der Waals surface area contributed by atoms with Crippen molar-refractivity contribution in [3.8, 4) is 49.1 Å². The molecule has 0 unspecified atom stereocenters. The fourth-order valence-electron chi connectivity index (χ4n) is 5.06. The summed E-state index contributed by atoms with van der Waals surface area (Å²) < 4.78 is 1.96. The molecule has 0 aliphatic heterocycles. The highest BCUT2D eigenvalue weighted by Gasteiger charge is 2.23. The minimum atomic E-state index is 0.893.